The van der Waals surface area contributed by atoms with Crippen LogP contribution in [0.5, 0.6) is 11.6 Å². The van der Waals surface area contributed by atoms with Crippen LogP contribution < -0.4 is 4.74 Å². The van der Waals surface area contributed by atoms with E-state index in [1.807, 2.05) is 48.5 Å². The number of pyridine rings is 1. The van der Waals surface area contributed by atoms with Crippen molar-refractivity contribution in [3.63, 3.8) is 0 Å². The van der Waals surface area contributed by atoms with Gasteiger partial charge in [-0.3, -0.25) is 0 Å². The maximum absolute atomic E-state index is 5.90. The quantitative estimate of drug-likeness (QED) is 0.631. The predicted molar refractivity (Wildman–Crippen MR) is 81.0 cm³/mol. The minimum atomic E-state index is 0.650. The molecule has 0 aliphatic heterocycles. The lowest BCUT2D eigenvalue weighted by Gasteiger charge is -2.08. The Morgan fingerprint density at radius 1 is 0.889 bits per heavy atom. The Kier molecular flexibility index (Phi) is 3.15. The smallest absolute Gasteiger partial charge is 0.227 e. The molecule has 0 spiro atoms. The number of hydrogen-bond acceptors (Lipinski definition) is 2. The van der Waals surface area contributed by atoms with Gasteiger partial charge in [0.2, 0.25) is 5.88 Å². The first-order chi connectivity index (χ1) is 8.84. The summed E-state index contributed by atoms with van der Waals surface area (Å²) in [6, 6.07) is 18.0. The summed E-state index contributed by atoms with van der Waals surface area (Å²) in [5, 5.41) is 2.16. The Bertz CT molecular complexity index is 691. The second-order valence-corrected chi connectivity index (χ2v) is 5.03. The summed E-state index contributed by atoms with van der Waals surface area (Å²) < 4.78 is 6.98. The minimum Gasteiger partial charge on any atom is -0.437 e. The van der Waals surface area contributed by atoms with Gasteiger partial charge in [-0.1, -0.05) is 30.3 Å². The molecule has 88 valence electrons. The Hall–Kier alpha value is -1.62. The van der Waals surface area contributed by atoms with Gasteiger partial charge in [0.1, 0.15) is 5.75 Å². The van der Waals surface area contributed by atoms with E-state index in [9.17, 15) is 0 Å². The van der Waals surface area contributed by atoms with Crippen LogP contribution in [-0.2, 0) is 0 Å². The fourth-order valence-electron chi connectivity index (χ4n) is 1.80. The van der Waals surface area contributed by atoms with Crippen LogP contribution in [0, 0.1) is 3.57 Å². The van der Waals surface area contributed by atoms with E-state index in [2.05, 4.69) is 33.6 Å². The van der Waals surface area contributed by atoms with Gasteiger partial charge in [-0.2, -0.15) is 0 Å². The van der Waals surface area contributed by atoms with Gasteiger partial charge in [-0.15, -0.1) is 0 Å². The lowest BCUT2D eigenvalue weighted by molar-refractivity contribution is 0.466. The summed E-state index contributed by atoms with van der Waals surface area (Å²) in [5.41, 5.74) is 0. The number of ether oxygens (including phenoxy) is 1. The summed E-state index contributed by atoms with van der Waals surface area (Å²) in [5.74, 6) is 1.49. The van der Waals surface area contributed by atoms with Gasteiger partial charge in [0.15, 0.2) is 0 Å². The van der Waals surface area contributed by atoms with Gasteiger partial charge in [0.25, 0.3) is 0 Å². The number of benzene rings is 2. The highest BCUT2D eigenvalue weighted by Crippen LogP contribution is 2.29. The summed E-state index contributed by atoms with van der Waals surface area (Å²) in [4.78, 5) is 4.32. The molecule has 0 aliphatic carbocycles. The molecular weight excluding hydrogens is 337 g/mol. The fraction of sp³-hybridized carbons (Fsp3) is 0. The third kappa shape index (κ3) is 2.18. The molecule has 1 aromatic heterocycles. The van der Waals surface area contributed by atoms with Crippen molar-refractivity contribution in [3.8, 4) is 11.6 Å². The average Bonchev–Trinajstić information content (AvgIpc) is 2.42. The molecule has 0 saturated heterocycles. The lowest BCUT2D eigenvalue weighted by Crippen LogP contribution is -1.90. The first kappa shape index (κ1) is 11.5. The maximum Gasteiger partial charge on any atom is 0.227 e. The molecule has 0 atom stereocenters. The number of fused-ring (bicyclic) bond motifs is 1. The van der Waals surface area contributed by atoms with Crippen molar-refractivity contribution >= 4 is 33.4 Å². The molecule has 2 aromatic carbocycles. The van der Waals surface area contributed by atoms with Crippen molar-refractivity contribution in [3.05, 3.63) is 64.4 Å². The molecule has 0 fully saturated rings. The molecule has 2 nitrogen and oxygen atoms in total. The Morgan fingerprint density at radius 3 is 2.56 bits per heavy atom. The molecule has 0 N–H and O–H groups in total. The van der Waals surface area contributed by atoms with E-state index in [1.165, 1.54) is 0 Å². The standard InChI is InChI=1S/C15H10INO/c16-13-7-3-4-8-14(13)18-15-12-6-2-1-5-11(12)9-10-17-15/h1-10H. The van der Waals surface area contributed by atoms with Crippen LogP contribution in [0.2, 0.25) is 0 Å². The molecule has 0 amide bonds. The Labute approximate surface area is 119 Å². The largest absolute Gasteiger partial charge is 0.437 e. The molecule has 1 heterocycles. The highest BCUT2D eigenvalue weighted by molar-refractivity contribution is 14.1. The number of rotatable bonds is 2. The molecule has 0 bridgehead atoms. The van der Waals surface area contributed by atoms with Gasteiger partial charge in [-0.05, 0) is 52.2 Å². The molecule has 18 heavy (non-hydrogen) atoms. The van der Waals surface area contributed by atoms with E-state index in [-0.39, 0.29) is 0 Å². The van der Waals surface area contributed by atoms with Gasteiger partial charge >= 0.3 is 0 Å². The highest BCUT2D eigenvalue weighted by atomic mass is 127. The molecule has 3 aromatic rings. The summed E-state index contributed by atoms with van der Waals surface area (Å²) in [6.45, 7) is 0. The monoisotopic (exact) mass is 347 g/mol. The molecule has 0 unspecified atom stereocenters. The maximum atomic E-state index is 5.90. The molecule has 3 heteroatoms. The summed E-state index contributed by atoms with van der Waals surface area (Å²) in [7, 11) is 0. The third-order valence-corrected chi connectivity index (χ3v) is 3.57. The number of nitrogens with zero attached hydrogens (tertiary/aromatic N) is 1. The SMILES string of the molecule is Ic1ccccc1Oc1nccc2ccccc12. The van der Waals surface area contributed by atoms with Crippen molar-refractivity contribution in [1.29, 1.82) is 0 Å². The Balaban J connectivity index is 2.08. The number of para-hydroxylation sites is 1. The van der Waals surface area contributed by atoms with Crippen molar-refractivity contribution < 1.29 is 4.74 Å². The highest BCUT2D eigenvalue weighted by Gasteiger charge is 2.06. The van der Waals surface area contributed by atoms with Crippen LogP contribution >= 0.6 is 22.6 Å². The topological polar surface area (TPSA) is 22.1 Å². The molecule has 0 aliphatic rings. The molecular formula is C15H10INO. The zero-order chi connectivity index (χ0) is 12.4. The zero-order valence-electron chi connectivity index (χ0n) is 9.51. The first-order valence-electron chi connectivity index (χ1n) is 5.61. The van der Waals surface area contributed by atoms with E-state index in [0.29, 0.717) is 5.88 Å². The minimum absolute atomic E-state index is 0.650. The van der Waals surface area contributed by atoms with E-state index < -0.39 is 0 Å². The third-order valence-electron chi connectivity index (χ3n) is 2.68. The van der Waals surface area contributed by atoms with E-state index in [4.69, 9.17) is 4.74 Å². The van der Waals surface area contributed by atoms with E-state index in [0.717, 1.165) is 20.1 Å². The van der Waals surface area contributed by atoms with Crippen molar-refractivity contribution in [1.82, 2.24) is 4.98 Å². The van der Waals surface area contributed by atoms with Gasteiger partial charge < -0.3 is 4.74 Å². The molecule has 3 rings (SSSR count). The zero-order valence-corrected chi connectivity index (χ0v) is 11.7. The van der Waals surface area contributed by atoms with Crippen LogP contribution in [0.15, 0.2) is 60.8 Å². The number of aromatic nitrogens is 1. The number of hydrogen-bond donors (Lipinski definition) is 0. The van der Waals surface area contributed by atoms with Gasteiger partial charge in [0, 0.05) is 11.6 Å². The summed E-state index contributed by atoms with van der Waals surface area (Å²) >= 11 is 2.26. The van der Waals surface area contributed by atoms with Gasteiger partial charge in [-0.25, -0.2) is 4.98 Å². The van der Waals surface area contributed by atoms with Crippen molar-refractivity contribution in [2.45, 2.75) is 0 Å². The molecule has 0 saturated carbocycles. The van der Waals surface area contributed by atoms with Crippen LogP contribution in [0.1, 0.15) is 0 Å². The van der Waals surface area contributed by atoms with E-state index in [1.54, 1.807) is 6.20 Å². The predicted octanol–water partition coefficient (Wildman–Crippen LogP) is 4.63. The lowest BCUT2D eigenvalue weighted by atomic mass is 10.2. The number of halogens is 1. The normalized spacial score (nSPS) is 10.5. The van der Waals surface area contributed by atoms with Crippen LogP contribution in [0.25, 0.3) is 10.8 Å². The second kappa shape index (κ2) is 4.94. The molecule has 0 radical (unpaired) electrons. The first-order valence-corrected chi connectivity index (χ1v) is 6.68. The average molecular weight is 347 g/mol. The van der Waals surface area contributed by atoms with Crippen LogP contribution in [0.3, 0.4) is 0 Å². The fourth-order valence-corrected chi connectivity index (χ4v) is 2.30. The van der Waals surface area contributed by atoms with Crippen LogP contribution in [0.4, 0.5) is 0 Å². The Morgan fingerprint density at radius 2 is 1.67 bits per heavy atom. The van der Waals surface area contributed by atoms with E-state index >= 15 is 0 Å². The summed E-state index contributed by atoms with van der Waals surface area (Å²) in [6.07, 6.45) is 1.77. The van der Waals surface area contributed by atoms with Crippen molar-refractivity contribution in [2.75, 3.05) is 0 Å². The second-order valence-electron chi connectivity index (χ2n) is 3.87. The van der Waals surface area contributed by atoms with Gasteiger partial charge in [0.05, 0.1) is 3.57 Å². The van der Waals surface area contributed by atoms with Crippen molar-refractivity contribution in [2.24, 2.45) is 0 Å². The van der Waals surface area contributed by atoms with Crippen LogP contribution in [-0.4, -0.2) is 4.98 Å².